The van der Waals surface area contributed by atoms with Gasteiger partial charge in [0.15, 0.2) is 0 Å². The number of hydrogen-bond donors (Lipinski definition) is 1. The number of carboxylic acids is 1. The van der Waals surface area contributed by atoms with Crippen molar-refractivity contribution in [3.8, 4) is 16.3 Å². The fourth-order valence-electron chi connectivity index (χ4n) is 2.61. The molecule has 0 unspecified atom stereocenters. The van der Waals surface area contributed by atoms with E-state index in [-0.39, 0.29) is 4.88 Å². The van der Waals surface area contributed by atoms with Gasteiger partial charge in [0.25, 0.3) is 0 Å². The van der Waals surface area contributed by atoms with Crippen molar-refractivity contribution in [1.82, 2.24) is 9.88 Å². The zero-order valence-electron chi connectivity index (χ0n) is 13.8. The minimum Gasteiger partial charge on any atom is -0.492 e. The summed E-state index contributed by atoms with van der Waals surface area (Å²) in [4.78, 5) is 18.2. The molecule has 1 aromatic carbocycles. The number of aromatic carboxylic acids is 1. The molecule has 0 atom stereocenters. The molecule has 6 nitrogen and oxygen atoms in total. The van der Waals surface area contributed by atoms with Crippen molar-refractivity contribution in [1.29, 1.82) is 0 Å². The maximum absolute atomic E-state index is 11.3. The molecule has 3 rings (SSSR count). The Morgan fingerprint density at radius 1 is 1.44 bits per heavy atom. The molecule has 1 saturated heterocycles. The van der Waals surface area contributed by atoms with Crippen LogP contribution < -0.4 is 4.74 Å². The number of rotatable bonds is 6. The Hall–Kier alpha value is -1.67. The highest BCUT2D eigenvalue weighted by molar-refractivity contribution is 7.17. The first-order valence-electron chi connectivity index (χ1n) is 7.98. The molecule has 0 saturated carbocycles. The van der Waals surface area contributed by atoms with Gasteiger partial charge in [-0.2, -0.15) is 0 Å². The third-order valence-electron chi connectivity index (χ3n) is 3.93. The Bertz CT molecular complexity index is 759. The Labute approximate surface area is 155 Å². The topological polar surface area (TPSA) is 71.9 Å². The molecule has 1 aliphatic rings. The van der Waals surface area contributed by atoms with E-state index in [2.05, 4.69) is 9.88 Å². The van der Waals surface area contributed by atoms with Gasteiger partial charge in [-0.25, -0.2) is 9.78 Å². The third kappa shape index (κ3) is 4.49. The Morgan fingerprint density at radius 3 is 2.88 bits per heavy atom. The Balaban J connectivity index is 1.76. The van der Waals surface area contributed by atoms with Crippen LogP contribution in [0.25, 0.3) is 10.6 Å². The van der Waals surface area contributed by atoms with E-state index in [1.54, 1.807) is 25.1 Å². The fraction of sp³-hybridized carbons (Fsp3) is 0.412. The number of carboxylic acid groups (broad SMARTS) is 1. The van der Waals surface area contributed by atoms with Gasteiger partial charge in [-0.05, 0) is 25.1 Å². The Kier molecular flexibility index (Phi) is 5.90. The third-order valence-corrected chi connectivity index (χ3v) is 5.35. The van der Waals surface area contributed by atoms with Gasteiger partial charge >= 0.3 is 5.97 Å². The number of hydrogen-bond acceptors (Lipinski definition) is 6. The monoisotopic (exact) mass is 382 g/mol. The molecule has 0 aliphatic carbocycles. The van der Waals surface area contributed by atoms with Crippen LogP contribution in [0.2, 0.25) is 5.02 Å². The lowest BCUT2D eigenvalue weighted by atomic mass is 10.2. The van der Waals surface area contributed by atoms with Crippen molar-refractivity contribution in [3.63, 3.8) is 0 Å². The smallest absolute Gasteiger partial charge is 0.347 e. The zero-order valence-corrected chi connectivity index (χ0v) is 15.4. The van der Waals surface area contributed by atoms with Crippen molar-refractivity contribution in [2.45, 2.75) is 6.92 Å². The first-order valence-corrected chi connectivity index (χ1v) is 9.17. The van der Waals surface area contributed by atoms with E-state index < -0.39 is 5.97 Å². The Morgan fingerprint density at radius 2 is 2.20 bits per heavy atom. The largest absolute Gasteiger partial charge is 0.492 e. The molecular weight excluding hydrogens is 364 g/mol. The summed E-state index contributed by atoms with van der Waals surface area (Å²) >= 11 is 7.24. The molecule has 1 aliphatic heterocycles. The summed E-state index contributed by atoms with van der Waals surface area (Å²) < 4.78 is 11.3. The van der Waals surface area contributed by atoms with Gasteiger partial charge in [0.05, 0.1) is 24.5 Å². The standard InChI is InChI=1S/C17H19ClN2O4S/c1-11-15(17(21)22)25-16(19-11)13-10-12(18)2-3-14(13)24-9-6-20-4-7-23-8-5-20/h2-3,10H,4-9H2,1H3,(H,21,22). The van der Waals surface area contributed by atoms with Crippen LogP contribution >= 0.6 is 22.9 Å². The summed E-state index contributed by atoms with van der Waals surface area (Å²) in [6.45, 7) is 6.35. The molecule has 1 N–H and O–H groups in total. The molecule has 1 fully saturated rings. The minimum atomic E-state index is -0.974. The first kappa shape index (κ1) is 18.1. The maximum atomic E-state index is 11.3. The van der Waals surface area contributed by atoms with E-state index in [1.807, 2.05) is 0 Å². The summed E-state index contributed by atoms with van der Waals surface area (Å²) in [6, 6.07) is 5.32. The SMILES string of the molecule is Cc1nc(-c2cc(Cl)ccc2OCCN2CCOCC2)sc1C(=O)O. The van der Waals surface area contributed by atoms with Crippen molar-refractivity contribution in [2.24, 2.45) is 0 Å². The molecule has 0 bridgehead atoms. The van der Waals surface area contributed by atoms with Crippen molar-refractivity contribution >= 4 is 28.9 Å². The van der Waals surface area contributed by atoms with Gasteiger partial charge in [-0.3, -0.25) is 4.90 Å². The van der Waals surface area contributed by atoms with Crippen molar-refractivity contribution in [2.75, 3.05) is 39.5 Å². The van der Waals surface area contributed by atoms with Crippen LogP contribution in [0, 0.1) is 6.92 Å². The van der Waals surface area contributed by atoms with E-state index >= 15 is 0 Å². The molecule has 2 aromatic rings. The van der Waals surface area contributed by atoms with Crippen molar-refractivity contribution in [3.05, 3.63) is 33.8 Å². The highest BCUT2D eigenvalue weighted by Gasteiger charge is 2.18. The van der Waals surface area contributed by atoms with E-state index in [0.717, 1.165) is 49.7 Å². The van der Waals surface area contributed by atoms with Crippen LogP contribution in [-0.4, -0.2) is 60.4 Å². The highest BCUT2D eigenvalue weighted by atomic mass is 35.5. The number of carbonyl (C=O) groups is 1. The van der Waals surface area contributed by atoms with Crippen LogP contribution in [0.5, 0.6) is 5.75 Å². The zero-order chi connectivity index (χ0) is 17.8. The number of aromatic nitrogens is 1. The van der Waals surface area contributed by atoms with Gasteiger partial charge in [-0.15, -0.1) is 11.3 Å². The molecule has 8 heteroatoms. The van der Waals surface area contributed by atoms with Crippen LogP contribution in [0.15, 0.2) is 18.2 Å². The number of ether oxygens (including phenoxy) is 2. The predicted octanol–water partition coefficient (Wildman–Crippen LogP) is 3.18. The highest BCUT2D eigenvalue weighted by Crippen LogP contribution is 2.36. The number of thiazole rings is 1. The second kappa shape index (κ2) is 8.14. The molecular formula is C17H19ClN2O4S. The van der Waals surface area contributed by atoms with Crippen molar-refractivity contribution < 1.29 is 19.4 Å². The average molecular weight is 383 g/mol. The molecule has 1 aromatic heterocycles. The van der Waals surface area contributed by atoms with E-state index in [9.17, 15) is 9.90 Å². The normalized spacial score (nSPS) is 15.3. The maximum Gasteiger partial charge on any atom is 0.347 e. The van der Waals surface area contributed by atoms with Gasteiger partial charge < -0.3 is 14.6 Å². The molecule has 2 heterocycles. The number of morpholine rings is 1. The average Bonchev–Trinajstić information content (AvgIpc) is 2.99. The van der Waals surface area contributed by atoms with Gasteiger partial charge in [0, 0.05) is 24.7 Å². The molecule has 0 amide bonds. The van der Waals surface area contributed by atoms with Crippen LogP contribution in [0.1, 0.15) is 15.4 Å². The molecule has 25 heavy (non-hydrogen) atoms. The lowest BCUT2D eigenvalue weighted by Crippen LogP contribution is -2.38. The fourth-order valence-corrected chi connectivity index (χ4v) is 3.71. The summed E-state index contributed by atoms with van der Waals surface area (Å²) in [5.41, 5.74) is 1.21. The molecule has 0 radical (unpaired) electrons. The summed E-state index contributed by atoms with van der Waals surface area (Å²) in [5.74, 6) is -0.318. The van der Waals surface area contributed by atoms with Crippen LogP contribution in [-0.2, 0) is 4.74 Å². The summed E-state index contributed by atoms with van der Waals surface area (Å²) in [6.07, 6.45) is 0. The minimum absolute atomic E-state index is 0.231. The summed E-state index contributed by atoms with van der Waals surface area (Å²) in [5, 5.41) is 10.4. The van der Waals surface area contributed by atoms with E-state index in [0.29, 0.717) is 28.1 Å². The van der Waals surface area contributed by atoms with Gasteiger partial charge in [-0.1, -0.05) is 11.6 Å². The first-order chi connectivity index (χ1) is 12.0. The number of halogens is 1. The summed E-state index contributed by atoms with van der Waals surface area (Å²) in [7, 11) is 0. The number of nitrogens with zero attached hydrogens (tertiary/aromatic N) is 2. The predicted molar refractivity (Wildman–Crippen MR) is 97.0 cm³/mol. The van der Waals surface area contributed by atoms with Crippen LogP contribution in [0.4, 0.5) is 0 Å². The van der Waals surface area contributed by atoms with Crippen LogP contribution in [0.3, 0.4) is 0 Å². The molecule has 0 spiro atoms. The van der Waals surface area contributed by atoms with Gasteiger partial charge in [0.1, 0.15) is 22.2 Å². The number of aryl methyl sites for hydroxylation is 1. The number of benzene rings is 1. The second-order valence-corrected chi connectivity index (χ2v) is 7.12. The molecule has 134 valence electrons. The lowest BCUT2D eigenvalue weighted by molar-refractivity contribution is 0.0323. The quantitative estimate of drug-likeness (QED) is 0.827. The lowest BCUT2D eigenvalue weighted by Gasteiger charge is -2.26. The van der Waals surface area contributed by atoms with E-state index in [1.165, 1.54) is 0 Å². The van der Waals surface area contributed by atoms with E-state index in [4.69, 9.17) is 21.1 Å². The second-order valence-electron chi connectivity index (χ2n) is 5.68. The van der Waals surface area contributed by atoms with Gasteiger partial charge in [0.2, 0.25) is 0 Å².